The molecule has 1 amide bonds. The predicted molar refractivity (Wildman–Crippen MR) is 91.2 cm³/mol. The molecule has 2 heterocycles. The van der Waals surface area contributed by atoms with Crippen molar-refractivity contribution in [1.82, 2.24) is 9.88 Å². The number of aromatic nitrogens is 1. The van der Waals surface area contributed by atoms with Crippen molar-refractivity contribution in [1.29, 1.82) is 0 Å². The molecule has 1 aromatic carbocycles. The van der Waals surface area contributed by atoms with Crippen molar-refractivity contribution in [2.75, 3.05) is 26.3 Å². The fraction of sp³-hybridized carbons (Fsp3) is 0.278. The van der Waals surface area contributed by atoms with Gasteiger partial charge in [0.25, 0.3) is 5.91 Å². The molecule has 1 aliphatic rings. The third-order valence-electron chi connectivity index (χ3n) is 3.85. The third kappa shape index (κ3) is 4.15. The summed E-state index contributed by atoms with van der Waals surface area (Å²) in [6, 6.07) is 12.0. The van der Waals surface area contributed by atoms with Crippen LogP contribution in [0.4, 0.5) is 0 Å². The van der Waals surface area contributed by atoms with Gasteiger partial charge in [-0.25, -0.2) is 9.78 Å². The number of carbonyl (C=O) groups excluding carboxylic acids is 2. The number of rotatable bonds is 4. The molecule has 7 heteroatoms. The van der Waals surface area contributed by atoms with Gasteiger partial charge >= 0.3 is 5.97 Å². The Hall–Kier alpha value is -2.44. The van der Waals surface area contributed by atoms with Crippen LogP contribution in [0.3, 0.4) is 0 Å². The lowest BCUT2D eigenvalue weighted by Crippen LogP contribution is -2.44. The van der Waals surface area contributed by atoms with Gasteiger partial charge in [-0.15, -0.1) is 0 Å². The topological polar surface area (TPSA) is 68.7 Å². The van der Waals surface area contributed by atoms with Gasteiger partial charge in [0.2, 0.25) is 6.10 Å². The van der Waals surface area contributed by atoms with E-state index < -0.39 is 12.1 Å². The van der Waals surface area contributed by atoms with Crippen LogP contribution in [0.5, 0.6) is 0 Å². The maximum absolute atomic E-state index is 12.9. The molecule has 6 nitrogen and oxygen atoms in total. The summed E-state index contributed by atoms with van der Waals surface area (Å²) >= 11 is 5.95. The van der Waals surface area contributed by atoms with Gasteiger partial charge in [-0.3, -0.25) is 4.79 Å². The van der Waals surface area contributed by atoms with E-state index in [1.807, 2.05) is 6.07 Å². The first-order chi connectivity index (χ1) is 12.2. The highest BCUT2D eigenvalue weighted by Gasteiger charge is 2.31. The minimum absolute atomic E-state index is 0.0399. The van der Waals surface area contributed by atoms with Crippen molar-refractivity contribution >= 4 is 23.5 Å². The summed E-state index contributed by atoms with van der Waals surface area (Å²) in [6.07, 6.45) is 0.440. The molecule has 3 rings (SSSR count). The zero-order valence-corrected chi connectivity index (χ0v) is 14.2. The van der Waals surface area contributed by atoms with Crippen molar-refractivity contribution in [3.8, 4) is 0 Å². The van der Waals surface area contributed by atoms with E-state index in [1.165, 1.54) is 12.3 Å². The molecule has 0 N–H and O–H groups in total. The van der Waals surface area contributed by atoms with E-state index in [9.17, 15) is 9.59 Å². The first kappa shape index (κ1) is 17.4. The molecule has 0 radical (unpaired) electrons. The summed E-state index contributed by atoms with van der Waals surface area (Å²) in [5.41, 5.74) is 0.729. The Balaban J connectivity index is 1.85. The largest absolute Gasteiger partial charge is 0.444 e. The quantitative estimate of drug-likeness (QED) is 0.619. The number of carbonyl (C=O) groups is 2. The van der Waals surface area contributed by atoms with E-state index in [4.69, 9.17) is 21.1 Å². The number of halogens is 1. The average molecular weight is 361 g/mol. The van der Waals surface area contributed by atoms with E-state index in [-0.39, 0.29) is 16.6 Å². The van der Waals surface area contributed by atoms with Gasteiger partial charge in [0, 0.05) is 24.8 Å². The Morgan fingerprint density at radius 1 is 1.12 bits per heavy atom. The standard InChI is InChI=1S/C18H17ClN2O4/c19-16-14(7-4-8-20-16)18(23)25-15(13-5-2-1-3-6-13)17(22)21-9-11-24-12-10-21/h1-8,15H,9-12H2/t15-/m0/s1. The Morgan fingerprint density at radius 3 is 2.52 bits per heavy atom. The van der Waals surface area contributed by atoms with E-state index in [0.29, 0.717) is 31.9 Å². The number of hydrogen-bond acceptors (Lipinski definition) is 5. The normalized spacial score (nSPS) is 15.5. The van der Waals surface area contributed by atoms with Crippen molar-refractivity contribution < 1.29 is 19.1 Å². The smallest absolute Gasteiger partial charge is 0.342 e. The molecule has 2 aromatic rings. The summed E-state index contributed by atoms with van der Waals surface area (Å²) in [5, 5.41) is 0.0399. The molecule has 0 unspecified atom stereocenters. The second kappa shape index (κ2) is 8.09. The van der Waals surface area contributed by atoms with Gasteiger partial charge in [-0.1, -0.05) is 41.9 Å². The number of ether oxygens (including phenoxy) is 2. The maximum atomic E-state index is 12.9. The van der Waals surface area contributed by atoms with Crippen molar-refractivity contribution in [3.05, 3.63) is 64.9 Å². The summed E-state index contributed by atoms with van der Waals surface area (Å²) < 4.78 is 10.8. The minimum atomic E-state index is -1.04. The molecular formula is C18H17ClN2O4. The van der Waals surface area contributed by atoms with E-state index >= 15 is 0 Å². The molecule has 0 spiro atoms. The molecule has 25 heavy (non-hydrogen) atoms. The minimum Gasteiger partial charge on any atom is -0.444 e. The first-order valence-corrected chi connectivity index (χ1v) is 8.27. The van der Waals surface area contributed by atoms with E-state index in [0.717, 1.165) is 0 Å². The van der Waals surface area contributed by atoms with Crippen LogP contribution in [0.25, 0.3) is 0 Å². The number of hydrogen-bond donors (Lipinski definition) is 0. The van der Waals surface area contributed by atoms with Crippen LogP contribution < -0.4 is 0 Å². The van der Waals surface area contributed by atoms with Gasteiger partial charge < -0.3 is 14.4 Å². The average Bonchev–Trinajstić information content (AvgIpc) is 2.67. The highest BCUT2D eigenvalue weighted by molar-refractivity contribution is 6.32. The molecule has 1 aliphatic heterocycles. The van der Waals surface area contributed by atoms with Gasteiger partial charge in [0.05, 0.1) is 18.8 Å². The zero-order valence-electron chi connectivity index (χ0n) is 13.4. The lowest BCUT2D eigenvalue weighted by molar-refractivity contribution is -0.145. The summed E-state index contributed by atoms with van der Waals surface area (Å²) in [6.45, 7) is 1.87. The van der Waals surface area contributed by atoms with E-state index in [2.05, 4.69) is 4.98 Å². The number of amides is 1. The number of pyridine rings is 1. The molecule has 0 saturated carbocycles. The number of benzene rings is 1. The van der Waals surface area contributed by atoms with Crippen LogP contribution in [-0.4, -0.2) is 48.1 Å². The summed E-state index contributed by atoms with van der Waals surface area (Å²) in [5.74, 6) is -0.962. The lowest BCUT2D eigenvalue weighted by Gasteiger charge is -2.30. The van der Waals surface area contributed by atoms with Gasteiger partial charge in [-0.05, 0) is 12.1 Å². The fourth-order valence-corrected chi connectivity index (χ4v) is 2.74. The number of nitrogens with zero attached hydrogens (tertiary/aromatic N) is 2. The Morgan fingerprint density at radius 2 is 1.84 bits per heavy atom. The Labute approximate surface area is 150 Å². The molecule has 1 aromatic heterocycles. The molecule has 1 saturated heterocycles. The van der Waals surface area contributed by atoms with Crippen molar-refractivity contribution in [2.45, 2.75) is 6.10 Å². The Kier molecular flexibility index (Phi) is 5.63. The Bertz CT molecular complexity index is 748. The number of morpholine rings is 1. The molecule has 130 valence electrons. The number of esters is 1. The fourth-order valence-electron chi connectivity index (χ4n) is 2.55. The highest BCUT2D eigenvalue weighted by Crippen LogP contribution is 2.24. The van der Waals surface area contributed by atoms with Crippen LogP contribution >= 0.6 is 11.6 Å². The first-order valence-electron chi connectivity index (χ1n) is 7.90. The molecule has 0 bridgehead atoms. The molecular weight excluding hydrogens is 344 g/mol. The van der Waals surface area contributed by atoms with E-state index in [1.54, 1.807) is 35.2 Å². The van der Waals surface area contributed by atoms with Crippen molar-refractivity contribution in [2.24, 2.45) is 0 Å². The third-order valence-corrected chi connectivity index (χ3v) is 4.15. The van der Waals surface area contributed by atoms with Crippen LogP contribution in [0, 0.1) is 0 Å². The highest BCUT2D eigenvalue weighted by atomic mass is 35.5. The molecule has 1 atom stereocenters. The second-order valence-electron chi connectivity index (χ2n) is 5.48. The molecule has 1 fully saturated rings. The SMILES string of the molecule is O=C(O[C@H](C(=O)N1CCOCC1)c1ccccc1)c1cccnc1Cl. The van der Waals surface area contributed by atoms with Crippen LogP contribution in [0.1, 0.15) is 22.0 Å². The van der Waals surface area contributed by atoms with Crippen LogP contribution in [0.2, 0.25) is 5.15 Å². The maximum Gasteiger partial charge on any atom is 0.342 e. The summed E-state index contributed by atoms with van der Waals surface area (Å²) in [7, 11) is 0. The monoisotopic (exact) mass is 360 g/mol. The van der Waals surface area contributed by atoms with Gasteiger partial charge in [-0.2, -0.15) is 0 Å². The van der Waals surface area contributed by atoms with Crippen molar-refractivity contribution in [3.63, 3.8) is 0 Å². The predicted octanol–water partition coefficient (Wildman–Crippen LogP) is 2.49. The second-order valence-corrected chi connectivity index (χ2v) is 5.83. The van der Waals surface area contributed by atoms with Crippen LogP contribution in [0.15, 0.2) is 48.7 Å². The van der Waals surface area contributed by atoms with Gasteiger partial charge in [0.1, 0.15) is 5.15 Å². The zero-order chi connectivity index (χ0) is 17.6. The van der Waals surface area contributed by atoms with Crippen LogP contribution in [-0.2, 0) is 14.3 Å². The lowest BCUT2D eigenvalue weighted by atomic mass is 10.1. The molecule has 0 aliphatic carbocycles. The summed E-state index contributed by atoms with van der Waals surface area (Å²) in [4.78, 5) is 30.9. The van der Waals surface area contributed by atoms with Gasteiger partial charge in [0.15, 0.2) is 0 Å².